The number of hydrogen-bond acceptors (Lipinski definition) is 5. The number of nitrogens with zero attached hydrogens (tertiary/aromatic N) is 2. The predicted octanol–water partition coefficient (Wildman–Crippen LogP) is 0.109. The van der Waals surface area contributed by atoms with Crippen LogP contribution in [0.25, 0.3) is 11.1 Å². The van der Waals surface area contributed by atoms with E-state index >= 15 is 0 Å². The van der Waals surface area contributed by atoms with Gasteiger partial charge in [-0.3, -0.25) is 0 Å². The Labute approximate surface area is 91.6 Å². The molecule has 0 spiro atoms. The first-order valence-electron chi connectivity index (χ1n) is 4.82. The normalized spacial score (nSPS) is 10.6. The molecule has 6 heteroatoms. The number of anilines is 1. The highest BCUT2D eigenvalue weighted by Gasteiger charge is 2.10. The van der Waals surface area contributed by atoms with Gasteiger partial charge < -0.3 is 21.0 Å². The summed E-state index contributed by atoms with van der Waals surface area (Å²) in [5, 5.41) is 32.7. The molecule has 0 fully saturated rings. The van der Waals surface area contributed by atoms with Gasteiger partial charge in [-0.25, -0.2) is 0 Å². The fourth-order valence-electron chi connectivity index (χ4n) is 1.52. The first kappa shape index (κ1) is 10.4. The fraction of sp³-hybridized carbons (Fsp3) is 0.200. The van der Waals surface area contributed by atoms with Gasteiger partial charge in [-0.15, -0.1) is 9.94 Å². The van der Waals surface area contributed by atoms with Crippen molar-refractivity contribution in [3.63, 3.8) is 0 Å². The number of aliphatic hydroxyl groups excluding tert-OH is 1. The number of hydrogen-bond donors (Lipinski definition) is 4. The molecule has 0 radical (unpaired) electrons. The molecular formula is C10H12N4O2. The average molecular weight is 220 g/mol. The molecule has 0 saturated carbocycles. The van der Waals surface area contributed by atoms with Crippen molar-refractivity contribution < 1.29 is 10.3 Å². The van der Waals surface area contributed by atoms with Gasteiger partial charge in [0.05, 0.1) is 24.4 Å². The van der Waals surface area contributed by atoms with Crippen molar-refractivity contribution in [3.8, 4) is 11.1 Å². The highest BCUT2D eigenvalue weighted by molar-refractivity contribution is 5.77. The highest BCUT2D eigenvalue weighted by atomic mass is 16.5. The molecule has 16 heavy (non-hydrogen) atoms. The third-order valence-electron chi connectivity index (χ3n) is 2.26. The topological polar surface area (TPSA) is 94.2 Å². The molecule has 2 aliphatic rings. The van der Waals surface area contributed by atoms with E-state index in [0.717, 1.165) is 11.3 Å². The molecule has 6 nitrogen and oxygen atoms in total. The third-order valence-corrected chi connectivity index (χ3v) is 2.26. The van der Waals surface area contributed by atoms with Crippen molar-refractivity contribution in [2.45, 2.75) is 0 Å². The molecule has 0 aromatic heterocycles. The monoisotopic (exact) mass is 220 g/mol. The average Bonchev–Trinajstić information content (AvgIpc) is 2.29. The first-order chi connectivity index (χ1) is 7.72. The number of rotatable bonds is 3. The summed E-state index contributed by atoms with van der Waals surface area (Å²) in [5.74, 6) is 0. The van der Waals surface area contributed by atoms with Crippen LogP contribution in [0, 0.1) is 5.41 Å². The second kappa shape index (κ2) is 4.19. The minimum Gasteiger partial charge on any atom is -0.412 e. The molecule has 1 aliphatic carbocycles. The lowest BCUT2D eigenvalue weighted by molar-refractivity contribution is 0.144. The van der Waals surface area contributed by atoms with Crippen LogP contribution in [0.3, 0.4) is 0 Å². The molecule has 0 aromatic rings. The molecule has 1 heterocycles. The lowest BCUT2D eigenvalue weighted by Gasteiger charge is -2.13. The number of fused-ring (bicyclic) bond motifs is 1. The first-order valence-corrected chi connectivity index (χ1v) is 4.82. The summed E-state index contributed by atoms with van der Waals surface area (Å²) in [6.45, 7) is 0.463. The molecular weight excluding hydrogens is 208 g/mol. The molecule has 0 atom stereocenters. The summed E-state index contributed by atoms with van der Waals surface area (Å²) in [7, 11) is 0. The number of benzene rings is 1. The minimum absolute atomic E-state index is 0.0321. The van der Waals surface area contributed by atoms with E-state index in [1.807, 2.05) is 0 Å². The number of nitrogens with one attached hydrogen (secondary N) is 2. The maximum Gasteiger partial charge on any atom is 0.0749 e. The fourth-order valence-corrected chi connectivity index (χ4v) is 1.52. The van der Waals surface area contributed by atoms with Gasteiger partial charge in [-0.05, 0) is 12.1 Å². The Morgan fingerprint density at radius 3 is 2.94 bits per heavy atom. The molecule has 0 bridgehead atoms. The third kappa shape index (κ3) is 1.82. The SMILES string of the molecule is N=c1ccc(NCCO)c2cnn(O)cc1-2. The number of aromatic nitrogens is 2. The molecule has 4 N–H and O–H groups in total. The van der Waals surface area contributed by atoms with E-state index in [9.17, 15) is 5.21 Å². The summed E-state index contributed by atoms with van der Waals surface area (Å²) < 4.78 is 0. The zero-order chi connectivity index (χ0) is 11.5. The Balaban J connectivity index is 2.53. The van der Waals surface area contributed by atoms with Gasteiger partial charge in [0.2, 0.25) is 0 Å². The van der Waals surface area contributed by atoms with Crippen LogP contribution in [0.4, 0.5) is 5.69 Å². The molecule has 0 saturated heterocycles. The molecule has 84 valence electrons. The van der Waals surface area contributed by atoms with Gasteiger partial charge in [-0.2, -0.15) is 0 Å². The summed E-state index contributed by atoms with van der Waals surface area (Å²) in [4.78, 5) is 0.677. The number of aliphatic hydroxyl groups is 1. The van der Waals surface area contributed by atoms with E-state index in [1.165, 1.54) is 12.4 Å². The molecule has 0 unspecified atom stereocenters. The van der Waals surface area contributed by atoms with Gasteiger partial charge in [-0.1, -0.05) is 0 Å². The van der Waals surface area contributed by atoms with Crippen LogP contribution in [-0.2, 0) is 0 Å². The Kier molecular flexibility index (Phi) is 2.74. The van der Waals surface area contributed by atoms with Crippen LogP contribution >= 0.6 is 0 Å². The summed E-state index contributed by atoms with van der Waals surface area (Å²) in [6.07, 6.45) is 2.86. The lowest BCUT2D eigenvalue weighted by atomic mass is 10.1. The molecule has 2 rings (SSSR count). The van der Waals surface area contributed by atoms with E-state index in [-0.39, 0.29) is 6.61 Å². The van der Waals surface area contributed by atoms with E-state index in [4.69, 9.17) is 10.5 Å². The zero-order valence-corrected chi connectivity index (χ0v) is 8.51. The van der Waals surface area contributed by atoms with Crippen LogP contribution in [0.15, 0.2) is 24.5 Å². The minimum atomic E-state index is 0.0321. The summed E-state index contributed by atoms with van der Waals surface area (Å²) in [6, 6.07) is 3.38. The van der Waals surface area contributed by atoms with Gasteiger partial charge in [0.15, 0.2) is 0 Å². The lowest BCUT2D eigenvalue weighted by Crippen LogP contribution is -2.13. The highest BCUT2D eigenvalue weighted by Crippen LogP contribution is 2.24. The van der Waals surface area contributed by atoms with Gasteiger partial charge >= 0.3 is 0 Å². The van der Waals surface area contributed by atoms with Crippen LogP contribution in [-0.4, -0.2) is 33.4 Å². The van der Waals surface area contributed by atoms with Crippen LogP contribution in [0.1, 0.15) is 0 Å². The second-order valence-electron chi connectivity index (χ2n) is 3.33. The standard InChI is InChI=1S/C10H12N4O2/c11-9-1-2-10(12-3-4-15)7-5-13-14(16)6-8(7)9/h1-2,5-6,11-12,15-16H,3-4H2. The Hall–Kier alpha value is -2.08. The smallest absolute Gasteiger partial charge is 0.0749 e. The van der Waals surface area contributed by atoms with Crippen molar-refractivity contribution in [1.29, 1.82) is 5.41 Å². The van der Waals surface area contributed by atoms with Crippen molar-refractivity contribution >= 4 is 5.69 Å². The van der Waals surface area contributed by atoms with E-state index < -0.39 is 0 Å². The van der Waals surface area contributed by atoms with E-state index in [0.29, 0.717) is 22.3 Å². The largest absolute Gasteiger partial charge is 0.412 e. The van der Waals surface area contributed by atoms with Crippen molar-refractivity contribution in [2.75, 3.05) is 18.5 Å². The maximum absolute atomic E-state index is 9.18. The Bertz CT molecular complexity index is 523. The van der Waals surface area contributed by atoms with Crippen molar-refractivity contribution in [2.24, 2.45) is 0 Å². The maximum atomic E-state index is 9.18. The summed E-state index contributed by atoms with van der Waals surface area (Å²) >= 11 is 0. The summed E-state index contributed by atoms with van der Waals surface area (Å²) in [5.41, 5.74) is 2.12. The van der Waals surface area contributed by atoms with Crippen LogP contribution in [0.5, 0.6) is 0 Å². The van der Waals surface area contributed by atoms with Crippen molar-refractivity contribution in [1.82, 2.24) is 9.94 Å². The Morgan fingerprint density at radius 2 is 2.19 bits per heavy atom. The molecule has 0 aromatic carbocycles. The van der Waals surface area contributed by atoms with Crippen LogP contribution in [0.2, 0.25) is 0 Å². The second-order valence-corrected chi connectivity index (χ2v) is 3.33. The Morgan fingerprint density at radius 1 is 1.38 bits per heavy atom. The zero-order valence-electron chi connectivity index (χ0n) is 8.51. The van der Waals surface area contributed by atoms with Crippen molar-refractivity contribution in [3.05, 3.63) is 29.9 Å². The van der Waals surface area contributed by atoms with Gasteiger partial charge in [0.25, 0.3) is 0 Å². The quantitative estimate of drug-likeness (QED) is 0.552. The van der Waals surface area contributed by atoms with E-state index in [2.05, 4.69) is 10.4 Å². The molecule has 0 amide bonds. The predicted molar refractivity (Wildman–Crippen MR) is 57.5 cm³/mol. The van der Waals surface area contributed by atoms with Gasteiger partial charge in [0.1, 0.15) is 0 Å². The van der Waals surface area contributed by atoms with Gasteiger partial charge in [0, 0.05) is 23.4 Å². The van der Waals surface area contributed by atoms with E-state index in [1.54, 1.807) is 12.1 Å². The molecule has 1 aliphatic heterocycles. The van der Waals surface area contributed by atoms with Crippen LogP contribution < -0.4 is 10.7 Å².